The Labute approximate surface area is 93.2 Å². The fraction of sp³-hybridized carbons (Fsp3) is 0.400. The molecule has 1 rings (SSSR count). The molecule has 15 heavy (non-hydrogen) atoms. The minimum Gasteiger partial charge on any atom is -0.460 e. The van der Waals surface area contributed by atoms with Gasteiger partial charge in [0.15, 0.2) is 0 Å². The van der Waals surface area contributed by atoms with Gasteiger partial charge in [0.05, 0.1) is 12.2 Å². The number of pyridine rings is 1. The molecule has 0 aliphatic heterocycles. The van der Waals surface area contributed by atoms with Crippen LogP contribution in [0.5, 0.6) is 0 Å². The lowest BCUT2D eigenvalue weighted by molar-refractivity contribution is 0.0335. The highest BCUT2D eigenvalue weighted by Crippen LogP contribution is 2.06. The first kappa shape index (κ1) is 11.9. The number of carbonyl (C=O) groups is 1. The van der Waals surface area contributed by atoms with Gasteiger partial charge >= 0.3 is 5.97 Å². The molecule has 1 aromatic heterocycles. The highest BCUT2D eigenvalue weighted by Gasteiger charge is 2.06. The number of aromatic nitrogens is 1. The van der Waals surface area contributed by atoms with E-state index in [1.54, 1.807) is 12.1 Å². The number of hydrogen-bond donors (Lipinski definition) is 0. The second-order valence-electron chi connectivity index (χ2n) is 2.70. The van der Waals surface area contributed by atoms with E-state index in [4.69, 9.17) is 21.1 Å². The Hall–Kier alpha value is -1.13. The van der Waals surface area contributed by atoms with Gasteiger partial charge in [-0.3, -0.25) is 0 Å². The van der Waals surface area contributed by atoms with E-state index in [0.717, 1.165) is 0 Å². The van der Waals surface area contributed by atoms with Gasteiger partial charge in [-0.15, -0.1) is 0 Å². The number of rotatable bonds is 5. The summed E-state index contributed by atoms with van der Waals surface area (Å²) in [7, 11) is 0. The summed E-state index contributed by atoms with van der Waals surface area (Å²) in [5.41, 5.74) is 0.385. The summed E-state index contributed by atoms with van der Waals surface area (Å²) in [4.78, 5) is 15.1. The summed E-state index contributed by atoms with van der Waals surface area (Å²) in [6.45, 7) is 3.14. The largest absolute Gasteiger partial charge is 0.460 e. The second-order valence-corrected chi connectivity index (χ2v) is 3.09. The Balaban J connectivity index is 2.37. The predicted octanol–water partition coefficient (Wildman–Crippen LogP) is 1.93. The van der Waals surface area contributed by atoms with Gasteiger partial charge in [-0.1, -0.05) is 11.6 Å². The van der Waals surface area contributed by atoms with Crippen molar-refractivity contribution in [2.45, 2.75) is 6.92 Å². The highest BCUT2D eigenvalue weighted by molar-refractivity contribution is 6.29. The van der Waals surface area contributed by atoms with E-state index in [9.17, 15) is 4.79 Å². The summed E-state index contributed by atoms with van der Waals surface area (Å²) in [6.07, 6.45) is 1.38. The zero-order valence-corrected chi connectivity index (χ0v) is 9.16. The third-order valence-corrected chi connectivity index (χ3v) is 1.85. The molecule has 0 spiro atoms. The molecular weight excluding hydrogens is 218 g/mol. The van der Waals surface area contributed by atoms with Crippen LogP contribution >= 0.6 is 11.6 Å². The van der Waals surface area contributed by atoms with Gasteiger partial charge < -0.3 is 9.47 Å². The van der Waals surface area contributed by atoms with Gasteiger partial charge in [-0.05, 0) is 19.1 Å². The molecule has 0 amide bonds. The molecule has 0 aromatic carbocycles. The number of ether oxygens (including phenoxy) is 2. The van der Waals surface area contributed by atoms with Crippen molar-refractivity contribution < 1.29 is 14.3 Å². The van der Waals surface area contributed by atoms with Crippen molar-refractivity contribution in [1.82, 2.24) is 4.98 Å². The van der Waals surface area contributed by atoms with Crippen molar-refractivity contribution in [2.24, 2.45) is 0 Å². The van der Waals surface area contributed by atoms with E-state index in [1.165, 1.54) is 6.20 Å². The zero-order valence-electron chi connectivity index (χ0n) is 8.40. The topological polar surface area (TPSA) is 48.4 Å². The maximum Gasteiger partial charge on any atom is 0.339 e. The van der Waals surface area contributed by atoms with Crippen LogP contribution in [-0.2, 0) is 9.47 Å². The van der Waals surface area contributed by atoms with Crippen LogP contribution in [-0.4, -0.2) is 30.8 Å². The van der Waals surface area contributed by atoms with Crippen LogP contribution in [0.4, 0.5) is 0 Å². The molecular formula is C10H12ClNO3. The van der Waals surface area contributed by atoms with Crippen LogP contribution in [0, 0.1) is 0 Å². The lowest BCUT2D eigenvalue weighted by Crippen LogP contribution is -2.10. The van der Waals surface area contributed by atoms with E-state index < -0.39 is 5.97 Å². The third-order valence-electron chi connectivity index (χ3n) is 1.63. The van der Waals surface area contributed by atoms with Crippen molar-refractivity contribution in [3.05, 3.63) is 29.0 Å². The molecule has 0 aliphatic rings. The van der Waals surface area contributed by atoms with Gasteiger partial charge in [0.2, 0.25) is 0 Å². The van der Waals surface area contributed by atoms with Crippen molar-refractivity contribution in [3.63, 3.8) is 0 Å². The quantitative estimate of drug-likeness (QED) is 0.440. The van der Waals surface area contributed by atoms with Crippen molar-refractivity contribution >= 4 is 17.6 Å². The summed E-state index contributed by atoms with van der Waals surface area (Å²) in [6, 6.07) is 3.11. The first-order valence-corrected chi connectivity index (χ1v) is 4.98. The minimum atomic E-state index is -0.418. The molecule has 82 valence electrons. The second kappa shape index (κ2) is 6.37. The fourth-order valence-electron chi connectivity index (χ4n) is 0.918. The first-order chi connectivity index (χ1) is 7.24. The third kappa shape index (κ3) is 4.27. The molecule has 0 fully saturated rings. The molecule has 0 N–H and O–H groups in total. The van der Waals surface area contributed by atoms with Crippen LogP contribution in [0.15, 0.2) is 18.3 Å². The number of nitrogens with zero attached hydrogens (tertiary/aromatic N) is 1. The Bertz CT molecular complexity index is 313. The SMILES string of the molecule is CCOCCOC(=O)c1ccc(Cl)nc1. The summed E-state index contributed by atoms with van der Waals surface area (Å²) in [5.74, 6) is -0.418. The van der Waals surface area contributed by atoms with E-state index in [1.807, 2.05) is 6.92 Å². The van der Waals surface area contributed by atoms with Crippen molar-refractivity contribution in [3.8, 4) is 0 Å². The molecule has 1 heterocycles. The smallest absolute Gasteiger partial charge is 0.339 e. The van der Waals surface area contributed by atoms with E-state index in [0.29, 0.717) is 23.9 Å². The van der Waals surface area contributed by atoms with Gasteiger partial charge in [0.25, 0.3) is 0 Å². The maximum atomic E-state index is 11.4. The molecule has 0 radical (unpaired) electrons. The van der Waals surface area contributed by atoms with Crippen molar-refractivity contribution in [2.75, 3.05) is 19.8 Å². The molecule has 0 aliphatic carbocycles. The van der Waals surface area contributed by atoms with Crippen LogP contribution in [0.3, 0.4) is 0 Å². The molecule has 1 aromatic rings. The van der Waals surface area contributed by atoms with Crippen LogP contribution < -0.4 is 0 Å². The van der Waals surface area contributed by atoms with E-state index in [-0.39, 0.29) is 6.61 Å². The van der Waals surface area contributed by atoms with E-state index >= 15 is 0 Å². The van der Waals surface area contributed by atoms with Crippen LogP contribution in [0.25, 0.3) is 0 Å². The van der Waals surface area contributed by atoms with Gasteiger partial charge in [0, 0.05) is 12.8 Å². The lowest BCUT2D eigenvalue weighted by atomic mass is 10.3. The monoisotopic (exact) mass is 229 g/mol. The number of halogens is 1. The Morgan fingerprint density at radius 1 is 1.47 bits per heavy atom. The molecule has 0 unspecified atom stereocenters. The van der Waals surface area contributed by atoms with Crippen LogP contribution in [0.1, 0.15) is 17.3 Å². The number of carbonyl (C=O) groups excluding carboxylic acids is 1. The van der Waals surface area contributed by atoms with Crippen LogP contribution in [0.2, 0.25) is 5.15 Å². The average Bonchev–Trinajstić information content (AvgIpc) is 2.25. The minimum absolute atomic E-state index is 0.245. The normalized spacial score (nSPS) is 10.0. The Kier molecular flexibility index (Phi) is 5.07. The molecule has 0 saturated carbocycles. The summed E-state index contributed by atoms with van der Waals surface area (Å²) >= 11 is 5.58. The first-order valence-electron chi connectivity index (χ1n) is 4.60. The molecule has 0 bridgehead atoms. The van der Waals surface area contributed by atoms with Crippen molar-refractivity contribution in [1.29, 1.82) is 0 Å². The fourth-order valence-corrected chi connectivity index (χ4v) is 1.03. The average molecular weight is 230 g/mol. The van der Waals surface area contributed by atoms with Gasteiger partial charge in [0.1, 0.15) is 11.8 Å². The zero-order chi connectivity index (χ0) is 11.1. The van der Waals surface area contributed by atoms with Gasteiger partial charge in [-0.2, -0.15) is 0 Å². The Morgan fingerprint density at radius 3 is 2.87 bits per heavy atom. The highest BCUT2D eigenvalue weighted by atomic mass is 35.5. The number of hydrogen-bond acceptors (Lipinski definition) is 4. The molecule has 0 saturated heterocycles. The summed E-state index contributed by atoms with van der Waals surface area (Å²) < 4.78 is 9.95. The summed E-state index contributed by atoms with van der Waals surface area (Å²) in [5, 5.41) is 0.348. The predicted molar refractivity (Wildman–Crippen MR) is 56.0 cm³/mol. The number of esters is 1. The standard InChI is InChI=1S/C10H12ClNO3/c1-2-14-5-6-15-10(13)8-3-4-9(11)12-7-8/h3-4,7H,2,5-6H2,1H3. The molecule has 5 heteroatoms. The maximum absolute atomic E-state index is 11.4. The molecule has 0 atom stereocenters. The van der Waals surface area contributed by atoms with E-state index in [2.05, 4.69) is 4.98 Å². The van der Waals surface area contributed by atoms with Gasteiger partial charge in [-0.25, -0.2) is 9.78 Å². The Morgan fingerprint density at radius 2 is 2.27 bits per heavy atom. The lowest BCUT2D eigenvalue weighted by Gasteiger charge is -2.04. The molecule has 4 nitrogen and oxygen atoms in total.